The molecule has 1 amide bonds. The van der Waals surface area contributed by atoms with Crippen LogP contribution in [0.5, 0.6) is 0 Å². The highest BCUT2D eigenvalue weighted by Crippen LogP contribution is 2.31. The van der Waals surface area contributed by atoms with Gasteiger partial charge in [0.1, 0.15) is 0 Å². The van der Waals surface area contributed by atoms with Gasteiger partial charge in [0.05, 0.1) is 36.0 Å². The van der Waals surface area contributed by atoms with Gasteiger partial charge >= 0.3 is 0 Å². The van der Waals surface area contributed by atoms with Gasteiger partial charge in [-0.25, -0.2) is 8.42 Å². The number of morpholine rings is 1. The fourth-order valence-corrected chi connectivity index (χ4v) is 6.44. The summed E-state index contributed by atoms with van der Waals surface area (Å²) >= 11 is 0. The summed E-state index contributed by atoms with van der Waals surface area (Å²) in [4.78, 5) is 17.3. The Hall–Kier alpha value is -1.84. The quantitative estimate of drug-likeness (QED) is 0.697. The zero-order valence-corrected chi connectivity index (χ0v) is 19.9. The van der Waals surface area contributed by atoms with Crippen molar-refractivity contribution in [1.82, 2.24) is 9.21 Å². The van der Waals surface area contributed by atoms with Crippen LogP contribution in [-0.4, -0.2) is 82.1 Å². The van der Waals surface area contributed by atoms with Crippen molar-refractivity contribution < 1.29 is 17.9 Å². The van der Waals surface area contributed by atoms with Gasteiger partial charge in [0.15, 0.2) is 0 Å². The van der Waals surface area contributed by atoms with E-state index in [9.17, 15) is 13.2 Å². The summed E-state index contributed by atoms with van der Waals surface area (Å²) in [5.74, 6) is 0.0643. The lowest BCUT2D eigenvalue weighted by Gasteiger charge is -2.34. The molecule has 0 bridgehead atoms. The number of benzene rings is 1. The number of amides is 1. The lowest BCUT2D eigenvalue weighted by atomic mass is 10.0. The minimum absolute atomic E-state index is 0.0643. The van der Waals surface area contributed by atoms with Gasteiger partial charge < -0.3 is 19.9 Å². The number of hydrogen-bond donors (Lipinski definition) is 1. The first-order valence-corrected chi connectivity index (χ1v) is 13.4. The Morgan fingerprint density at radius 1 is 1.03 bits per heavy atom. The van der Waals surface area contributed by atoms with E-state index in [0.717, 1.165) is 63.8 Å². The van der Waals surface area contributed by atoms with E-state index < -0.39 is 10.0 Å². The predicted molar refractivity (Wildman–Crippen MR) is 126 cm³/mol. The summed E-state index contributed by atoms with van der Waals surface area (Å²) in [5, 5.41) is 3.29. The monoisotopic (exact) mass is 464 g/mol. The van der Waals surface area contributed by atoms with Crippen molar-refractivity contribution >= 4 is 27.3 Å². The van der Waals surface area contributed by atoms with Crippen molar-refractivity contribution in [2.45, 2.75) is 56.4 Å². The fourth-order valence-electron chi connectivity index (χ4n) is 4.89. The van der Waals surface area contributed by atoms with Crippen molar-refractivity contribution in [2.24, 2.45) is 0 Å². The standard InChI is InChI=1S/C23H36N4O4S/c1-19-7-3-6-12-27(19)23(28)18-24-21-17-20(32(29,30)26-10-4-2-5-11-26)8-9-22(21)25-13-15-31-16-14-25/h8-9,17,19,24H,2-7,10-16,18H2,1H3. The molecule has 178 valence electrons. The van der Waals surface area contributed by atoms with Crippen LogP contribution in [0.4, 0.5) is 11.4 Å². The Morgan fingerprint density at radius 2 is 1.75 bits per heavy atom. The van der Waals surface area contributed by atoms with Crippen molar-refractivity contribution in [2.75, 3.05) is 62.7 Å². The van der Waals surface area contributed by atoms with Gasteiger partial charge in [0.25, 0.3) is 0 Å². The number of hydrogen-bond acceptors (Lipinski definition) is 6. The number of anilines is 2. The van der Waals surface area contributed by atoms with Crippen molar-refractivity contribution in [3.05, 3.63) is 18.2 Å². The summed E-state index contributed by atoms with van der Waals surface area (Å²) < 4.78 is 33.6. The Labute approximate surface area is 191 Å². The number of carbonyl (C=O) groups is 1. The summed E-state index contributed by atoms with van der Waals surface area (Å²) in [5.41, 5.74) is 1.62. The molecule has 0 aromatic heterocycles. The molecule has 1 aromatic rings. The third-order valence-electron chi connectivity index (χ3n) is 6.83. The number of nitrogens with one attached hydrogen (secondary N) is 1. The zero-order valence-electron chi connectivity index (χ0n) is 19.1. The first-order valence-electron chi connectivity index (χ1n) is 12.0. The van der Waals surface area contributed by atoms with Crippen molar-refractivity contribution in [3.63, 3.8) is 0 Å². The lowest BCUT2D eigenvalue weighted by Crippen LogP contribution is -2.44. The second-order valence-electron chi connectivity index (χ2n) is 9.03. The van der Waals surface area contributed by atoms with Gasteiger partial charge in [-0.15, -0.1) is 0 Å². The summed E-state index contributed by atoms with van der Waals surface area (Å²) in [6.45, 7) is 6.95. The van der Waals surface area contributed by atoms with Gasteiger partial charge in [-0.3, -0.25) is 4.79 Å². The highest BCUT2D eigenvalue weighted by Gasteiger charge is 2.28. The maximum atomic E-state index is 13.2. The first-order chi connectivity index (χ1) is 15.5. The molecule has 0 radical (unpaired) electrons. The minimum Gasteiger partial charge on any atom is -0.378 e. The Bertz CT molecular complexity index is 895. The summed E-state index contributed by atoms with van der Waals surface area (Å²) in [6, 6.07) is 5.54. The molecule has 4 rings (SSSR count). The van der Waals surface area contributed by atoms with E-state index in [2.05, 4.69) is 17.1 Å². The molecule has 1 unspecified atom stereocenters. The number of likely N-dealkylation sites (tertiary alicyclic amines) is 1. The third kappa shape index (κ3) is 5.21. The Morgan fingerprint density at radius 3 is 2.47 bits per heavy atom. The van der Waals surface area contributed by atoms with Crippen LogP contribution in [0.2, 0.25) is 0 Å². The Balaban J connectivity index is 1.56. The van der Waals surface area contributed by atoms with E-state index in [-0.39, 0.29) is 23.4 Å². The molecular formula is C23H36N4O4S. The first kappa shape index (κ1) is 23.3. The number of piperidine rings is 2. The van der Waals surface area contributed by atoms with Gasteiger partial charge in [-0.2, -0.15) is 4.31 Å². The molecule has 3 saturated heterocycles. The molecule has 0 aliphatic carbocycles. The molecular weight excluding hydrogens is 428 g/mol. The van der Waals surface area contributed by atoms with Gasteiger partial charge in [-0.05, 0) is 57.2 Å². The molecule has 3 heterocycles. The molecule has 3 aliphatic heterocycles. The van der Waals surface area contributed by atoms with E-state index >= 15 is 0 Å². The molecule has 1 atom stereocenters. The number of nitrogens with zero attached hydrogens (tertiary/aromatic N) is 3. The lowest BCUT2D eigenvalue weighted by molar-refractivity contribution is -0.132. The van der Waals surface area contributed by atoms with Crippen molar-refractivity contribution in [1.29, 1.82) is 0 Å². The van der Waals surface area contributed by atoms with Crippen LogP contribution in [0.3, 0.4) is 0 Å². The molecule has 1 aromatic carbocycles. The third-order valence-corrected chi connectivity index (χ3v) is 8.72. The highest BCUT2D eigenvalue weighted by atomic mass is 32.2. The molecule has 3 aliphatic rings. The summed E-state index contributed by atoms with van der Waals surface area (Å²) in [6.07, 6.45) is 6.12. The van der Waals surface area contributed by atoms with Gasteiger partial charge in [0.2, 0.25) is 15.9 Å². The maximum absolute atomic E-state index is 13.2. The highest BCUT2D eigenvalue weighted by molar-refractivity contribution is 7.89. The molecule has 32 heavy (non-hydrogen) atoms. The van der Waals surface area contributed by atoms with Crippen LogP contribution in [-0.2, 0) is 19.6 Å². The van der Waals surface area contributed by atoms with E-state index in [0.29, 0.717) is 32.0 Å². The molecule has 9 heteroatoms. The average molecular weight is 465 g/mol. The second-order valence-corrected chi connectivity index (χ2v) is 11.0. The van der Waals surface area contributed by atoms with Crippen LogP contribution in [0.25, 0.3) is 0 Å². The topological polar surface area (TPSA) is 82.2 Å². The minimum atomic E-state index is -3.55. The van der Waals surface area contributed by atoms with Crippen molar-refractivity contribution in [3.8, 4) is 0 Å². The molecule has 1 N–H and O–H groups in total. The number of ether oxygens (including phenoxy) is 1. The molecule has 0 spiro atoms. The van der Waals surface area contributed by atoms with Crippen LogP contribution >= 0.6 is 0 Å². The SMILES string of the molecule is CC1CCCCN1C(=O)CNc1cc(S(=O)(=O)N2CCCCC2)ccc1N1CCOCC1. The molecule has 0 saturated carbocycles. The average Bonchev–Trinajstić information content (AvgIpc) is 2.83. The largest absolute Gasteiger partial charge is 0.378 e. The van der Waals surface area contributed by atoms with Gasteiger partial charge in [-0.1, -0.05) is 6.42 Å². The maximum Gasteiger partial charge on any atom is 0.243 e. The van der Waals surface area contributed by atoms with Gasteiger partial charge in [0, 0.05) is 38.8 Å². The normalized spacial score (nSPS) is 23.2. The number of rotatable bonds is 6. The van der Waals surface area contributed by atoms with E-state index in [4.69, 9.17) is 4.74 Å². The Kier molecular flexibility index (Phi) is 7.58. The van der Waals surface area contributed by atoms with Crippen LogP contribution in [0.15, 0.2) is 23.1 Å². The van der Waals surface area contributed by atoms with Crippen LogP contribution in [0, 0.1) is 0 Å². The fraction of sp³-hybridized carbons (Fsp3) is 0.696. The molecule has 8 nitrogen and oxygen atoms in total. The summed E-state index contributed by atoms with van der Waals surface area (Å²) in [7, 11) is -3.55. The second kappa shape index (κ2) is 10.4. The van der Waals surface area contributed by atoms with E-state index in [1.807, 2.05) is 11.0 Å². The smallest absolute Gasteiger partial charge is 0.243 e. The van der Waals surface area contributed by atoms with E-state index in [1.54, 1.807) is 16.4 Å². The zero-order chi connectivity index (χ0) is 22.6. The van der Waals surface area contributed by atoms with E-state index in [1.165, 1.54) is 0 Å². The number of sulfonamides is 1. The van der Waals surface area contributed by atoms with Crippen LogP contribution in [0.1, 0.15) is 45.4 Å². The molecule has 3 fully saturated rings. The number of carbonyl (C=O) groups excluding carboxylic acids is 1. The van der Waals surface area contributed by atoms with Crippen LogP contribution < -0.4 is 10.2 Å². The predicted octanol–water partition coefficient (Wildman–Crippen LogP) is 2.51.